The number of anilines is 2. The Morgan fingerprint density at radius 3 is 2.67 bits per heavy atom. The van der Waals surface area contributed by atoms with Crippen molar-refractivity contribution in [3.63, 3.8) is 0 Å². The van der Waals surface area contributed by atoms with Gasteiger partial charge in [-0.25, -0.2) is 23.6 Å². The molecule has 2 aromatic carbocycles. The third-order valence-corrected chi connectivity index (χ3v) is 5.48. The van der Waals surface area contributed by atoms with E-state index in [0.29, 0.717) is 22.6 Å². The SMILES string of the molecule is O=C(NOCCO)c1c(F)cc(-c2ccc3c(n2)N(Cc2cc4cccnc4cc2F)NN3)cc1F. The Balaban J connectivity index is 1.42. The molecule has 0 radical (unpaired) electrons. The first kappa shape index (κ1) is 23.5. The van der Waals surface area contributed by atoms with E-state index in [0.717, 1.165) is 17.5 Å². The Morgan fingerprint density at radius 1 is 1.08 bits per heavy atom. The van der Waals surface area contributed by atoms with Crippen molar-refractivity contribution in [1.29, 1.82) is 0 Å². The molecular weight excluding hydrogens is 477 g/mol. The number of hydrogen-bond donors (Lipinski definition) is 4. The molecule has 1 aliphatic rings. The Morgan fingerprint density at radius 2 is 1.89 bits per heavy atom. The summed E-state index contributed by atoms with van der Waals surface area (Å²) in [6.07, 6.45) is 1.59. The number of carbonyl (C=O) groups excluding carboxylic acids is 1. The second-order valence-electron chi connectivity index (χ2n) is 7.85. The molecule has 0 saturated carbocycles. The molecule has 0 aliphatic carbocycles. The highest BCUT2D eigenvalue weighted by Gasteiger charge is 2.24. The van der Waals surface area contributed by atoms with Gasteiger partial charge in [0.25, 0.3) is 5.91 Å². The van der Waals surface area contributed by atoms with Gasteiger partial charge in [0.2, 0.25) is 0 Å². The highest BCUT2D eigenvalue weighted by Crippen LogP contribution is 2.33. The number of nitrogens with zero attached hydrogens (tertiary/aromatic N) is 3. The van der Waals surface area contributed by atoms with Crippen LogP contribution < -0.4 is 21.4 Å². The molecule has 1 aliphatic heterocycles. The van der Waals surface area contributed by atoms with E-state index in [1.807, 2.05) is 11.5 Å². The number of aliphatic hydroxyl groups is 1. The lowest BCUT2D eigenvalue weighted by molar-refractivity contribution is 0.0162. The second kappa shape index (κ2) is 9.77. The zero-order valence-corrected chi connectivity index (χ0v) is 18.6. The van der Waals surface area contributed by atoms with Crippen LogP contribution in [0.4, 0.5) is 24.7 Å². The van der Waals surface area contributed by atoms with Gasteiger partial charge in [-0.2, -0.15) is 0 Å². The number of fused-ring (bicyclic) bond motifs is 2. The number of hydrogen-bond acceptors (Lipinski definition) is 8. The Labute approximate surface area is 202 Å². The van der Waals surface area contributed by atoms with E-state index in [4.69, 9.17) is 5.11 Å². The molecule has 4 aromatic rings. The first-order chi connectivity index (χ1) is 17.4. The number of nitrogens with one attached hydrogen (secondary N) is 3. The van der Waals surface area contributed by atoms with Crippen LogP contribution in [0.3, 0.4) is 0 Å². The van der Waals surface area contributed by atoms with Crippen LogP contribution >= 0.6 is 0 Å². The molecule has 0 bridgehead atoms. The topological polar surface area (TPSA) is 112 Å². The number of hydrazine groups is 2. The minimum atomic E-state index is -1.13. The first-order valence-electron chi connectivity index (χ1n) is 10.8. The number of halogens is 3. The van der Waals surface area contributed by atoms with E-state index in [-0.39, 0.29) is 31.0 Å². The van der Waals surface area contributed by atoms with Crippen molar-refractivity contribution in [2.45, 2.75) is 6.54 Å². The van der Waals surface area contributed by atoms with Crippen LogP contribution in [-0.2, 0) is 11.4 Å². The van der Waals surface area contributed by atoms with Gasteiger partial charge in [0, 0.05) is 28.8 Å². The van der Waals surface area contributed by atoms with Crippen LogP contribution in [0.2, 0.25) is 0 Å². The fourth-order valence-electron chi connectivity index (χ4n) is 3.79. The van der Waals surface area contributed by atoms with E-state index in [2.05, 4.69) is 25.8 Å². The smallest absolute Gasteiger partial charge is 0.280 e. The second-order valence-corrected chi connectivity index (χ2v) is 7.85. The first-order valence-corrected chi connectivity index (χ1v) is 10.8. The molecule has 184 valence electrons. The van der Waals surface area contributed by atoms with E-state index in [1.165, 1.54) is 6.07 Å². The summed E-state index contributed by atoms with van der Waals surface area (Å²) in [5, 5.41) is 11.0. The molecule has 4 N–H and O–H groups in total. The van der Waals surface area contributed by atoms with Crippen molar-refractivity contribution in [1.82, 2.24) is 21.0 Å². The van der Waals surface area contributed by atoms with Gasteiger partial charge in [-0.1, -0.05) is 6.07 Å². The lowest BCUT2D eigenvalue weighted by atomic mass is 10.1. The summed E-state index contributed by atoms with van der Waals surface area (Å²) in [6, 6.07) is 11.8. The van der Waals surface area contributed by atoms with Crippen molar-refractivity contribution in [2.75, 3.05) is 23.6 Å². The van der Waals surface area contributed by atoms with Crippen LogP contribution in [0, 0.1) is 17.5 Å². The maximum atomic E-state index is 14.7. The van der Waals surface area contributed by atoms with Crippen molar-refractivity contribution in [2.24, 2.45) is 0 Å². The summed E-state index contributed by atoms with van der Waals surface area (Å²) < 4.78 is 44.0. The number of benzene rings is 2. The van der Waals surface area contributed by atoms with E-state index in [1.54, 1.807) is 35.5 Å². The van der Waals surface area contributed by atoms with Gasteiger partial charge >= 0.3 is 0 Å². The van der Waals surface area contributed by atoms with E-state index < -0.39 is 28.9 Å². The number of amides is 1. The van der Waals surface area contributed by atoms with Crippen LogP contribution in [-0.4, -0.2) is 34.2 Å². The van der Waals surface area contributed by atoms with Gasteiger partial charge in [0.05, 0.1) is 36.7 Å². The minimum absolute atomic E-state index is 0.0930. The quantitative estimate of drug-likeness (QED) is 0.228. The fraction of sp³-hybridized carbons (Fsp3) is 0.125. The zero-order chi connectivity index (χ0) is 25.2. The van der Waals surface area contributed by atoms with Crippen LogP contribution in [0.5, 0.6) is 0 Å². The third-order valence-electron chi connectivity index (χ3n) is 5.48. The molecular formula is C24H19F3N6O3. The van der Waals surface area contributed by atoms with Crippen LogP contribution in [0.1, 0.15) is 15.9 Å². The number of aromatic nitrogens is 2. The molecule has 0 saturated heterocycles. The van der Waals surface area contributed by atoms with Gasteiger partial charge in [0.15, 0.2) is 5.82 Å². The van der Waals surface area contributed by atoms with Crippen molar-refractivity contribution < 1.29 is 27.9 Å². The molecule has 12 heteroatoms. The summed E-state index contributed by atoms with van der Waals surface area (Å²) in [5.41, 5.74) is 8.69. The summed E-state index contributed by atoms with van der Waals surface area (Å²) in [7, 11) is 0. The standard InChI is InChI=1S/C24H19F3N6O3/c25-16-11-21-13(2-1-5-28-21)8-15(16)12-33-23-20(30-32-33)4-3-19(29-23)14-9-17(26)22(18(27)10-14)24(35)31-36-7-6-34/h1-5,8-11,30,32,34H,6-7,12H2,(H,31,35). The molecule has 0 spiro atoms. The van der Waals surface area contributed by atoms with Crippen molar-refractivity contribution >= 4 is 28.3 Å². The zero-order valence-electron chi connectivity index (χ0n) is 18.6. The average molecular weight is 496 g/mol. The Hall–Kier alpha value is -4.26. The van der Waals surface area contributed by atoms with Crippen molar-refractivity contribution in [3.8, 4) is 11.3 Å². The molecule has 0 atom stereocenters. The van der Waals surface area contributed by atoms with E-state index >= 15 is 0 Å². The number of pyridine rings is 2. The maximum Gasteiger partial charge on any atom is 0.280 e. The van der Waals surface area contributed by atoms with Gasteiger partial charge < -0.3 is 10.5 Å². The predicted octanol–water partition coefficient (Wildman–Crippen LogP) is 3.22. The monoisotopic (exact) mass is 496 g/mol. The lowest BCUT2D eigenvalue weighted by Crippen LogP contribution is -2.36. The molecule has 5 rings (SSSR count). The summed E-state index contributed by atoms with van der Waals surface area (Å²) in [4.78, 5) is 25.3. The van der Waals surface area contributed by atoms with Gasteiger partial charge in [-0.15, -0.1) is 5.53 Å². The maximum absolute atomic E-state index is 14.7. The number of hydroxylamine groups is 1. The predicted molar refractivity (Wildman–Crippen MR) is 125 cm³/mol. The highest BCUT2D eigenvalue weighted by molar-refractivity contribution is 5.94. The summed E-state index contributed by atoms with van der Waals surface area (Å²) in [5.74, 6) is -3.40. The van der Waals surface area contributed by atoms with Gasteiger partial charge in [-0.05, 0) is 36.4 Å². The van der Waals surface area contributed by atoms with Crippen LogP contribution in [0.15, 0.2) is 54.7 Å². The molecule has 1 amide bonds. The molecule has 2 aromatic heterocycles. The Kier molecular flexibility index (Phi) is 6.38. The lowest BCUT2D eigenvalue weighted by Gasteiger charge is -2.18. The Bertz CT molecular complexity index is 1450. The molecule has 0 fully saturated rings. The highest BCUT2D eigenvalue weighted by atomic mass is 19.1. The van der Waals surface area contributed by atoms with Gasteiger partial charge in [-0.3, -0.25) is 19.6 Å². The van der Waals surface area contributed by atoms with Crippen LogP contribution in [0.25, 0.3) is 22.2 Å². The third kappa shape index (κ3) is 4.52. The minimum Gasteiger partial charge on any atom is -0.394 e. The normalized spacial score (nSPS) is 12.5. The molecule has 9 nitrogen and oxygen atoms in total. The number of rotatable bonds is 7. The van der Waals surface area contributed by atoms with Crippen molar-refractivity contribution in [3.05, 3.63) is 83.3 Å². The summed E-state index contributed by atoms with van der Waals surface area (Å²) >= 11 is 0. The van der Waals surface area contributed by atoms with Gasteiger partial charge in [0.1, 0.15) is 23.0 Å². The number of carbonyl (C=O) groups is 1. The molecule has 36 heavy (non-hydrogen) atoms. The molecule has 3 heterocycles. The van der Waals surface area contributed by atoms with E-state index in [9.17, 15) is 18.0 Å². The summed E-state index contributed by atoms with van der Waals surface area (Å²) in [6.45, 7) is -0.507. The molecule has 0 unspecified atom stereocenters. The largest absolute Gasteiger partial charge is 0.394 e. The fourth-order valence-corrected chi connectivity index (χ4v) is 3.79. The average Bonchev–Trinajstić information content (AvgIpc) is 3.26. The number of aliphatic hydroxyl groups excluding tert-OH is 1.